The van der Waals surface area contributed by atoms with Crippen molar-refractivity contribution >= 4 is 57.2 Å². The summed E-state index contributed by atoms with van der Waals surface area (Å²) in [6, 6.07) is 4.27. The second-order valence-corrected chi connectivity index (χ2v) is 9.54. The molecule has 0 aromatic carbocycles. The van der Waals surface area contributed by atoms with E-state index in [1.54, 1.807) is 11.3 Å². The molecule has 0 unspecified atom stereocenters. The van der Waals surface area contributed by atoms with Gasteiger partial charge in [0.05, 0.1) is 10.3 Å². The molecule has 5 nitrogen and oxygen atoms in total. The number of nitrogens with one attached hydrogen (secondary N) is 1. The maximum absolute atomic E-state index is 5.65. The monoisotopic (exact) mass is 556 g/mol. The molecule has 148 valence electrons. The Kier molecular flexibility index (Phi) is 9.12. The topological polar surface area (TPSA) is 40.1 Å². The molecule has 1 N–H and O–H groups in total. The molecule has 3 rings (SSSR count). The van der Waals surface area contributed by atoms with E-state index in [1.807, 2.05) is 7.05 Å². The van der Waals surface area contributed by atoms with Gasteiger partial charge in [0, 0.05) is 44.3 Å². The fourth-order valence-corrected chi connectivity index (χ4v) is 5.46. The van der Waals surface area contributed by atoms with E-state index in [4.69, 9.17) is 4.74 Å². The number of hydrogen-bond acceptors (Lipinski definition) is 4. The predicted molar refractivity (Wildman–Crippen MR) is 124 cm³/mol. The second kappa shape index (κ2) is 10.6. The van der Waals surface area contributed by atoms with E-state index in [1.165, 1.54) is 34.6 Å². The van der Waals surface area contributed by atoms with Crippen LogP contribution < -0.4 is 5.32 Å². The van der Waals surface area contributed by atoms with Crippen LogP contribution in [0.25, 0.3) is 0 Å². The molecule has 2 aliphatic rings. The van der Waals surface area contributed by atoms with Gasteiger partial charge < -0.3 is 15.0 Å². The van der Waals surface area contributed by atoms with E-state index in [0.29, 0.717) is 0 Å². The van der Waals surface area contributed by atoms with Crippen LogP contribution in [0.15, 0.2) is 20.9 Å². The van der Waals surface area contributed by atoms with Gasteiger partial charge >= 0.3 is 0 Å². The van der Waals surface area contributed by atoms with Crippen molar-refractivity contribution in [3.63, 3.8) is 0 Å². The molecule has 0 bridgehead atoms. The Balaban J connectivity index is 0.00000243. The van der Waals surface area contributed by atoms with E-state index in [9.17, 15) is 0 Å². The van der Waals surface area contributed by atoms with Gasteiger partial charge in [0.1, 0.15) is 0 Å². The Hall–Kier alpha value is 0.1000. The van der Waals surface area contributed by atoms with Gasteiger partial charge in [-0.3, -0.25) is 9.89 Å². The first-order chi connectivity index (χ1) is 12.1. The van der Waals surface area contributed by atoms with Gasteiger partial charge in [-0.05, 0) is 66.8 Å². The second-order valence-electron chi connectivity index (χ2n) is 6.99. The van der Waals surface area contributed by atoms with Crippen molar-refractivity contribution in [2.24, 2.45) is 4.99 Å². The molecule has 2 aliphatic heterocycles. The van der Waals surface area contributed by atoms with Crippen LogP contribution in [-0.4, -0.2) is 68.2 Å². The van der Waals surface area contributed by atoms with Gasteiger partial charge in [0.2, 0.25) is 0 Å². The lowest BCUT2D eigenvalue weighted by atomic mass is 9.88. The summed E-state index contributed by atoms with van der Waals surface area (Å²) < 4.78 is 6.82. The van der Waals surface area contributed by atoms with Crippen molar-refractivity contribution in [3.8, 4) is 0 Å². The van der Waals surface area contributed by atoms with Crippen molar-refractivity contribution in [3.05, 3.63) is 20.8 Å². The minimum Gasteiger partial charge on any atom is -0.381 e. The largest absolute Gasteiger partial charge is 0.381 e. The highest BCUT2D eigenvalue weighted by Crippen LogP contribution is 2.31. The zero-order valence-electron chi connectivity index (χ0n) is 15.7. The normalized spacial score (nSPS) is 20.7. The van der Waals surface area contributed by atoms with Crippen LogP contribution in [-0.2, 0) is 11.3 Å². The van der Waals surface area contributed by atoms with Gasteiger partial charge in [-0.2, -0.15) is 0 Å². The molecule has 0 saturated carbocycles. The average Bonchev–Trinajstić information content (AvgIpc) is 3.28. The van der Waals surface area contributed by atoms with E-state index >= 15 is 0 Å². The molecular formula is C18H30BrIN4OS. The number of ether oxygens (including phenoxy) is 1. The standard InChI is InChI=1S/C18H29BrN4OS.HI/c1-20-17(22(2)13-15-5-6-16(19)25-15)21-14-18(7-11-24-12-8-18)23-9-3-4-10-23;/h5-6H,3-4,7-14H2,1-2H3,(H,20,21);1H. The molecular weight excluding hydrogens is 527 g/mol. The third kappa shape index (κ3) is 5.56. The molecule has 0 atom stereocenters. The van der Waals surface area contributed by atoms with Crippen molar-refractivity contribution in [1.29, 1.82) is 0 Å². The van der Waals surface area contributed by atoms with Gasteiger partial charge in [0.15, 0.2) is 5.96 Å². The summed E-state index contributed by atoms with van der Waals surface area (Å²) in [4.78, 5) is 10.7. The van der Waals surface area contributed by atoms with Crippen LogP contribution in [0.5, 0.6) is 0 Å². The molecule has 0 amide bonds. The van der Waals surface area contributed by atoms with E-state index in [0.717, 1.165) is 45.1 Å². The third-order valence-electron chi connectivity index (χ3n) is 5.37. The molecule has 8 heteroatoms. The predicted octanol–water partition coefficient (Wildman–Crippen LogP) is 3.78. The molecule has 0 spiro atoms. The average molecular weight is 557 g/mol. The Morgan fingerprint density at radius 3 is 2.62 bits per heavy atom. The Labute approximate surface area is 186 Å². The molecule has 1 aromatic rings. The number of likely N-dealkylation sites (tertiary alicyclic amines) is 1. The van der Waals surface area contributed by atoms with Gasteiger partial charge in [-0.1, -0.05) is 0 Å². The molecule has 2 fully saturated rings. The fraction of sp³-hybridized carbons (Fsp3) is 0.722. The van der Waals surface area contributed by atoms with E-state index in [2.05, 4.69) is 55.2 Å². The van der Waals surface area contributed by atoms with Crippen LogP contribution in [0, 0.1) is 0 Å². The highest BCUT2D eigenvalue weighted by atomic mass is 127. The lowest BCUT2D eigenvalue weighted by Gasteiger charge is -2.45. The lowest BCUT2D eigenvalue weighted by Crippen LogP contribution is -2.58. The third-order valence-corrected chi connectivity index (χ3v) is 6.98. The summed E-state index contributed by atoms with van der Waals surface area (Å²) in [6.45, 7) is 6.00. The number of thiophene rings is 1. The highest BCUT2D eigenvalue weighted by Gasteiger charge is 2.39. The molecule has 2 saturated heterocycles. The number of hydrogen-bond donors (Lipinski definition) is 1. The summed E-state index contributed by atoms with van der Waals surface area (Å²) in [5.41, 5.74) is 0.220. The van der Waals surface area contributed by atoms with Crippen molar-refractivity contribution < 1.29 is 4.74 Å². The Morgan fingerprint density at radius 1 is 1.35 bits per heavy atom. The van der Waals surface area contributed by atoms with Crippen LogP contribution in [0.1, 0.15) is 30.6 Å². The summed E-state index contributed by atoms with van der Waals surface area (Å²) in [7, 11) is 3.98. The first-order valence-corrected chi connectivity index (χ1v) is 10.7. The zero-order valence-corrected chi connectivity index (χ0v) is 20.4. The number of rotatable bonds is 5. The Morgan fingerprint density at radius 2 is 2.04 bits per heavy atom. The summed E-state index contributed by atoms with van der Waals surface area (Å²) in [6.07, 6.45) is 4.87. The van der Waals surface area contributed by atoms with Gasteiger partial charge in [-0.25, -0.2) is 0 Å². The highest BCUT2D eigenvalue weighted by molar-refractivity contribution is 14.0. The number of guanidine groups is 1. The number of aliphatic imine (C=N–C) groups is 1. The molecule has 0 aliphatic carbocycles. The number of nitrogens with zero attached hydrogens (tertiary/aromatic N) is 3. The van der Waals surface area contributed by atoms with Crippen molar-refractivity contribution in [1.82, 2.24) is 15.1 Å². The smallest absolute Gasteiger partial charge is 0.193 e. The first-order valence-electron chi connectivity index (χ1n) is 9.12. The van der Waals surface area contributed by atoms with Crippen molar-refractivity contribution in [2.75, 3.05) is 46.9 Å². The fourth-order valence-electron chi connectivity index (χ4n) is 3.92. The van der Waals surface area contributed by atoms with Gasteiger partial charge in [-0.15, -0.1) is 35.3 Å². The summed E-state index contributed by atoms with van der Waals surface area (Å²) >= 11 is 5.32. The van der Waals surface area contributed by atoms with Crippen LogP contribution >= 0.6 is 51.2 Å². The van der Waals surface area contributed by atoms with Crippen molar-refractivity contribution in [2.45, 2.75) is 37.8 Å². The minimum absolute atomic E-state index is 0. The maximum Gasteiger partial charge on any atom is 0.193 e. The maximum atomic E-state index is 5.65. The zero-order chi connectivity index (χ0) is 17.7. The molecule has 0 radical (unpaired) electrons. The quantitative estimate of drug-likeness (QED) is 0.340. The molecule has 1 aromatic heterocycles. The van der Waals surface area contributed by atoms with E-state index < -0.39 is 0 Å². The summed E-state index contributed by atoms with van der Waals surface area (Å²) in [5, 5.41) is 3.66. The van der Waals surface area contributed by atoms with Crippen LogP contribution in [0.3, 0.4) is 0 Å². The number of halogens is 2. The molecule has 26 heavy (non-hydrogen) atoms. The minimum atomic E-state index is 0. The summed E-state index contributed by atoms with van der Waals surface area (Å²) in [5.74, 6) is 0.967. The van der Waals surface area contributed by atoms with Gasteiger partial charge in [0.25, 0.3) is 0 Å². The SMILES string of the molecule is CN=C(NCC1(N2CCCC2)CCOCC1)N(C)Cc1ccc(Br)s1.I. The molecule has 3 heterocycles. The van der Waals surface area contributed by atoms with E-state index in [-0.39, 0.29) is 29.5 Å². The van der Waals surface area contributed by atoms with Crippen LogP contribution in [0.2, 0.25) is 0 Å². The Bertz CT molecular complexity index is 586. The lowest BCUT2D eigenvalue weighted by molar-refractivity contribution is -0.0166. The van der Waals surface area contributed by atoms with Crippen LogP contribution in [0.4, 0.5) is 0 Å². The first kappa shape index (κ1) is 22.4.